The third-order valence-electron chi connectivity index (χ3n) is 3.43. The van der Waals surface area contributed by atoms with Crippen LogP contribution in [-0.2, 0) is 11.3 Å². The van der Waals surface area contributed by atoms with Crippen molar-refractivity contribution in [2.75, 3.05) is 23.4 Å². The topological polar surface area (TPSA) is 41.1 Å². The van der Waals surface area contributed by atoms with Crippen LogP contribution in [0.4, 0.5) is 5.69 Å². The predicted octanol–water partition coefficient (Wildman–Crippen LogP) is 3.30. The Morgan fingerprint density at radius 1 is 1.30 bits per heavy atom. The van der Waals surface area contributed by atoms with Crippen molar-refractivity contribution in [1.29, 1.82) is 0 Å². The summed E-state index contributed by atoms with van der Waals surface area (Å²) in [7, 11) is 0. The van der Waals surface area contributed by atoms with Crippen LogP contribution in [0.15, 0.2) is 24.3 Å². The van der Waals surface area contributed by atoms with Crippen molar-refractivity contribution >= 4 is 35.8 Å². The molecular weight excluding hydrogens is 292 g/mol. The Morgan fingerprint density at radius 3 is 2.70 bits per heavy atom. The lowest BCUT2D eigenvalue weighted by atomic mass is 10.0. The lowest BCUT2D eigenvalue weighted by Gasteiger charge is -2.21. The molecule has 1 saturated heterocycles. The molecule has 1 aliphatic heterocycles. The fraction of sp³-hybridized carbons (Fsp3) is 0.533. The molecule has 2 N–H and O–H groups in total. The molecule has 5 heteroatoms. The zero-order valence-corrected chi connectivity index (χ0v) is 13.5. The standard InChI is InChI=1S/C15H22N2OS.ClH/c1-2-16-11-13-5-3-4-6-14(13)17-15(18)12-7-9-19-10-8-12;/h3-6,12,16H,2,7-11H2,1H3,(H,17,18);1H. The largest absolute Gasteiger partial charge is 0.326 e. The highest BCUT2D eigenvalue weighted by molar-refractivity contribution is 7.99. The third kappa shape index (κ3) is 5.00. The van der Waals surface area contributed by atoms with Crippen molar-refractivity contribution in [2.24, 2.45) is 5.92 Å². The Kier molecular flexibility index (Phi) is 8.04. The fourth-order valence-corrected chi connectivity index (χ4v) is 3.36. The summed E-state index contributed by atoms with van der Waals surface area (Å²) in [5, 5.41) is 6.40. The number of rotatable bonds is 5. The Hall–Kier alpha value is -0.710. The molecule has 0 unspecified atom stereocenters. The average molecular weight is 315 g/mol. The lowest BCUT2D eigenvalue weighted by Crippen LogP contribution is -2.27. The molecule has 1 aromatic rings. The quantitative estimate of drug-likeness (QED) is 0.876. The molecule has 0 saturated carbocycles. The minimum atomic E-state index is 0. The summed E-state index contributed by atoms with van der Waals surface area (Å²) in [6, 6.07) is 8.04. The highest BCUT2D eigenvalue weighted by Gasteiger charge is 2.21. The van der Waals surface area contributed by atoms with Crippen LogP contribution in [0.1, 0.15) is 25.3 Å². The van der Waals surface area contributed by atoms with Gasteiger partial charge in [0.25, 0.3) is 0 Å². The Balaban J connectivity index is 0.00000200. The maximum absolute atomic E-state index is 12.3. The number of nitrogens with one attached hydrogen (secondary N) is 2. The molecule has 0 spiro atoms. The molecule has 1 aliphatic rings. The van der Waals surface area contributed by atoms with Crippen LogP contribution >= 0.6 is 24.2 Å². The lowest BCUT2D eigenvalue weighted by molar-refractivity contribution is -0.120. The summed E-state index contributed by atoms with van der Waals surface area (Å²) < 4.78 is 0. The molecule has 1 amide bonds. The molecule has 1 heterocycles. The second-order valence-corrected chi connectivity index (χ2v) is 6.04. The Morgan fingerprint density at radius 2 is 2.00 bits per heavy atom. The van der Waals surface area contributed by atoms with Gasteiger partial charge in [-0.3, -0.25) is 4.79 Å². The minimum Gasteiger partial charge on any atom is -0.326 e. The van der Waals surface area contributed by atoms with E-state index in [4.69, 9.17) is 0 Å². The molecule has 1 fully saturated rings. The van der Waals surface area contributed by atoms with Gasteiger partial charge in [-0.2, -0.15) is 11.8 Å². The van der Waals surface area contributed by atoms with E-state index in [1.807, 2.05) is 30.0 Å². The van der Waals surface area contributed by atoms with Crippen LogP contribution in [0.5, 0.6) is 0 Å². The zero-order chi connectivity index (χ0) is 13.5. The van der Waals surface area contributed by atoms with Crippen LogP contribution in [-0.4, -0.2) is 24.0 Å². The number of benzene rings is 1. The predicted molar refractivity (Wildman–Crippen MR) is 89.7 cm³/mol. The molecule has 0 aromatic heterocycles. The van der Waals surface area contributed by atoms with Crippen molar-refractivity contribution in [2.45, 2.75) is 26.3 Å². The summed E-state index contributed by atoms with van der Waals surface area (Å²) >= 11 is 1.95. The number of carbonyl (C=O) groups excluding carboxylic acids is 1. The van der Waals surface area contributed by atoms with E-state index in [-0.39, 0.29) is 24.2 Å². The van der Waals surface area contributed by atoms with Gasteiger partial charge < -0.3 is 10.6 Å². The summed E-state index contributed by atoms with van der Waals surface area (Å²) in [6.45, 7) is 3.82. The van der Waals surface area contributed by atoms with Crippen LogP contribution in [0, 0.1) is 5.92 Å². The monoisotopic (exact) mass is 314 g/mol. The summed E-state index contributed by atoms with van der Waals surface area (Å²) in [4.78, 5) is 12.3. The Labute approximate surface area is 131 Å². The highest BCUT2D eigenvalue weighted by Crippen LogP contribution is 2.24. The molecule has 1 aromatic carbocycles. The number of hydrogen-bond donors (Lipinski definition) is 2. The van der Waals surface area contributed by atoms with Gasteiger partial charge in [0.1, 0.15) is 0 Å². The average Bonchev–Trinajstić information content (AvgIpc) is 2.47. The normalized spacial score (nSPS) is 15.4. The molecule has 0 aliphatic carbocycles. The molecule has 3 nitrogen and oxygen atoms in total. The Bertz CT molecular complexity index is 422. The third-order valence-corrected chi connectivity index (χ3v) is 4.48. The number of para-hydroxylation sites is 1. The van der Waals surface area contributed by atoms with E-state index in [1.54, 1.807) is 0 Å². The van der Waals surface area contributed by atoms with E-state index in [1.165, 1.54) is 0 Å². The highest BCUT2D eigenvalue weighted by atomic mass is 35.5. The molecule has 112 valence electrons. The fourth-order valence-electron chi connectivity index (χ4n) is 2.25. The van der Waals surface area contributed by atoms with Crippen molar-refractivity contribution in [3.8, 4) is 0 Å². The first kappa shape index (κ1) is 17.3. The second kappa shape index (κ2) is 9.27. The van der Waals surface area contributed by atoms with Gasteiger partial charge in [0.15, 0.2) is 0 Å². The number of thioether (sulfide) groups is 1. The van der Waals surface area contributed by atoms with E-state index in [0.29, 0.717) is 0 Å². The first-order valence-corrected chi connectivity index (χ1v) is 8.14. The van der Waals surface area contributed by atoms with E-state index in [0.717, 1.165) is 48.7 Å². The van der Waals surface area contributed by atoms with Crippen LogP contribution in [0.2, 0.25) is 0 Å². The molecule has 0 bridgehead atoms. The molecule has 0 atom stereocenters. The number of hydrogen-bond acceptors (Lipinski definition) is 3. The van der Waals surface area contributed by atoms with Gasteiger partial charge in [0.2, 0.25) is 5.91 Å². The number of carbonyl (C=O) groups is 1. The summed E-state index contributed by atoms with van der Waals surface area (Å²) in [5.74, 6) is 2.59. The van der Waals surface area contributed by atoms with Gasteiger partial charge in [-0.1, -0.05) is 25.1 Å². The van der Waals surface area contributed by atoms with E-state index < -0.39 is 0 Å². The van der Waals surface area contributed by atoms with E-state index >= 15 is 0 Å². The van der Waals surface area contributed by atoms with Crippen molar-refractivity contribution in [3.63, 3.8) is 0 Å². The van der Waals surface area contributed by atoms with Crippen LogP contribution in [0.3, 0.4) is 0 Å². The number of halogens is 1. The molecule has 0 radical (unpaired) electrons. The van der Waals surface area contributed by atoms with Gasteiger partial charge in [-0.25, -0.2) is 0 Å². The smallest absolute Gasteiger partial charge is 0.227 e. The SMILES string of the molecule is CCNCc1ccccc1NC(=O)C1CCSCC1.Cl. The van der Waals surface area contributed by atoms with Crippen molar-refractivity contribution < 1.29 is 4.79 Å². The van der Waals surface area contributed by atoms with Crippen LogP contribution in [0.25, 0.3) is 0 Å². The van der Waals surface area contributed by atoms with Gasteiger partial charge in [-0.05, 0) is 42.5 Å². The summed E-state index contributed by atoms with van der Waals surface area (Å²) in [6.07, 6.45) is 2.01. The summed E-state index contributed by atoms with van der Waals surface area (Å²) in [5.41, 5.74) is 2.11. The number of anilines is 1. The first-order valence-electron chi connectivity index (χ1n) is 6.98. The maximum atomic E-state index is 12.3. The van der Waals surface area contributed by atoms with Gasteiger partial charge >= 0.3 is 0 Å². The molecule has 20 heavy (non-hydrogen) atoms. The van der Waals surface area contributed by atoms with Gasteiger partial charge in [0, 0.05) is 18.2 Å². The number of amides is 1. The van der Waals surface area contributed by atoms with E-state index in [2.05, 4.69) is 23.6 Å². The van der Waals surface area contributed by atoms with E-state index in [9.17, 15) is 4.79 Å². The van der Waals surface area contributed by atoms with Crippen LogP contribution < -0.4 is 10.6 Å². The molecule has 2 rings (SSSR count). The van der Waals surface area contributed by atoms with Crippen molar-refractivity contribution in [3.05, 3.63) is 29.8 Å². The van der Waals surface area contributed by atoms with Gasteiger partial charge in [0.05, 0.1) is 0 Å². The van der Waals surface area contributed by atoms with Crippen molar-refractivity contribution in [1.82, 2.24) is 5.32 Å². The zero-order valence-electron chi connectivity index (χ0n) is 11.9. The minimum absolute atomic E-state index is 0. The first-order chi connectivity index (χ1) is 9.31. The maximum Gasteiger partial charge on any atom is 0.227 e. The second-order valence-electron chi connectivity index (χ2n) is 4.81. The molecular formula is C15H23ClN2OS. The van der Waals surface area contributed by atoms with Gasteiger partial charge in [-0.15, -0.1) is 12.4 Å².